The van der Waals surface area contributed by atoms with Gasteiger partial charge in [-0.15, -0.1) is 0 Å². The second-order valence-electron chi connectivity index (χ2n) is 4.24. The van der Waals surface area contributed by atoms with E-state index in [2.05, 4.69) is 10.1 Å². The molecule has 1 aromatic carbocycles. The van der Waals surface area contributed by atoms with Gasteiger partial charge in [-0.1, -0.05) is 12.1 Å². The molecule has 7 heteroatoms. The van der Waals surface area contributed by atoms with E-state index in [1.807, 2.05) is 0 Å². The van der Waals surface area contributed by atoms with E-state index in [1.165, 1.54) is 13.3 Å². The fraction of sp³-hybridized carbons (Fsp3) is 0.231. The number of primary amides is 1. The highest BCUT2D eigenvalue weighted by atomic mass is 16.5. The lowest BCUT2D eigenvalue weighted by Gasteiger charge is -2.09. The molecule has 2 aromatic rings. The molecule has 0 radical (unpaired) electrons. The van der Waals surface area contributed by atoms with Gasteiger partial charge < -0.3 is 10.5 Å². The van der Waals surface area contributed by atoms with Gasteiger partial charge in [0.2, 0.25) is 0 Å². The number of ether oxygens (including phenoxy) is 1. The van der Waals surface area contributed by atoms with Crippen molar-refractivity contribution in [3.05, 3.63) is 48.0 Å². The van der Waals surface area contributed by atoms with Crippen molar-refractivity contribution in [2.24, 2.45) is 5.73 Å². The van der Waals surface area contributed by atoms with E-state index in [-0.39, 0.29) is 0 Å². The molecule has 0 fully saturated rings. The molecule has 104 valence electrons. The monoisotopic (exact) mass is 274 g/mol. The minimum Gasteiger partial charge on any atom is -0.449 e. The number of hydrogen-bond acceptors (Lipinski definition) is 5. The number of nitrogens with two attached hydrogens (primary N) is 1. The molecule has 0 aliphatic carbocycles. The third kappa shape index (κ3) is 3.41. The Hall–Kier alpha value is -2.70. The minimum atomic E-state index is -0.947. The number of esters is 1. The van der Waals surface area contributed by atoms with Crippen LogP contribution >= 0.6 is 0 Å². The lowest BCUT2D eigenvalue weighted by atomic mass is 10.1. The molecule has 0 aliphatic heterocycles. The fourth-order valence-corrected chi connectivity index (χ4v) is 1.53. The third-order valence-electron chi connectivity index (χ3n) is 2.69. The average Bonchev–Trinajstić information content (AvgIpc) is 2.92. The number of carbonyl (C=O) groups excluding carboxylic acids is 2. The van der Waals surface area contributed by atoms with Crippen LogP contribution in [0, 0.1) is 0 Å². The standard InChI is InChI=1S/C13H14N4O3/c1-9(12(14)18)20-13(19)11-4-2-10(3-5-11)6-17-8-15-7-16-17/h2-5,7-9H,6H2,1H3,(H2,14,18)/t9-/m0/s1. The van der Waals surface area contributed by atoms with Crippen LogP contribution in [0.5, 0.6) is 0 Å². The number of nitrogens with zero attached hydrogens (tertiary/aromatic N) is 3. The second-order valence-corrected chi connectivity index (χ2v) is 4.24. The van der Waals surface area contributed by atoms with Crippen LogP contribution in [0.15, 0.2) is 36.9 Å². The molecule has 0 aliphatic rings. The Kier molecular flexibility index (Phi) is 4.09. The Bertz CT molecular complexity index is 593. The Labute approximate surface area is 115 Å². The number of amides is 1. The Morgan fingerprint density at radius 2 is 2.05 bits per heavy atom. The van der Waals surface area contributed by atoms with Crippen LogP contribution in [0.25, 0.3) is 0 Å². The van der Waals surface area contributed by atoms with Crippen LogP contribution < -0.4 is 5.73 Å². The Morgan fingerprint density at radius 1 is 1.35 bits per heavy atom. The molecule has 7 nitrogen and oxygen atoms in total. The summed E-state index contributed by atoms with van der Waals surface area (Å²) < 4.78 is 6.57. The molecule has 0 bridgehead atoms. The molecule has 1 amide bonds. The molecule has 1 heterocycles. The van der Waals surface area contributed by atoms with Crippen LogP contribution in [0.1, 0.15) is 22.8 Å². The molecular weight excluding hydrogens is 260 g/mol. The van der Waals surface area contributed by atoms with Gasteiger partial charge in [0, 0.05) is 0 Å². The van der Waals surface area contributed by atoms with Crippen LogP contribution in [0.4, 0.5) is 0 Å². The van der Waals surface area contributed by atoms with Gasteiger partial charge in [0.15, 0.2) is 6.10 Å². The van der Waals surface area contributed by atoms with Gasteiger partial charge >= 0.3 is 5.97 Å². The maximum absolute atomic E-state index is 11.7. The quantitative estimate of drug-likeness (QED) is 0.793. The summed E-state index contributed by atoms with van der Waals surface area (Å²) in [6.07, 6.45) is 2.12. The van der Waals surface area contributed by atoms with Crippen molar-refractivity contribution in [2.45, 2.75) is 19.6 Å². The van der Waals surface area contributed by atoms with E-state index in [0.29, 0.717) is 12.1 Å². The first kappa shape index (κ1) is 13.7. The van der Waals surface area contributed by atoms with Gasteiger partial charge in [-0.3, -0.25) is 4.79 Å². The number of carbonyl (C=O) groups is 2. The summed E-state index contributed by atoms with van der Waals surface area (Å²) in [6.45, 7) is 1.99. The first-order valence-electron chi connectivity index (χ1n) is 5.98. The minimum absolute atomic E-state index is 0.362. The van der Waals surface area contributed by atoms with Crippen molar-refractivity contribution in [3.8, 4) is 0 Å². The van der Waals surface area contributed by atoms with Gasteiger partial charge in [-0.2, -0.15) is 5.10 Å². The van der Waals surface area contributed by atoms with Crippen LogP contribution in [-0.2, 0) is 16.1 Å². The smallest absolute Gasteiger partial charge is 0.338 e. The molecule has 2 rings (SSSR count). The molecular formula is C13H14N4O3. The predicted molar refractivity (Wildman–Crippen MR) is 69.6 cm³/mol. The van der Waals surface area contributed by atoms with E-state index in [0.717, 1.165) is 5.56 Å². The normalized spacial score (nSPS) is 11.8. The first-order valence-corrected chi connectivity index (χ1v) is 5.98. The molecule has 0 spiro atoms. The summed E-state index contributed by atoms with van der Waals surface area (Å²) in [5.41, 5.74) is 6.36. The predicted octanol–water partition coefficient (Wildman–Crippen LogP) is 0.357. The highest BCUT2D eigenvalue weighted by Gasteiger charge is 2.15. The highest BCUT2D eigenvalue weighted by molar-refractivity contribution is 5.91. The lowest BCUT2D eigenvalue weighted by molar-refractivity contribution is -0.125. The number of aromatic nitrogens is 3. The van der Waals surface area contributed by atoms with Gasteiger partial charge in [-0.05, 0) is 24.6 Å². The van der Waals surface area contributed by atoms with E-state index >= 15 is 0 Å². The van der Waals surface area contributed by atoms with Crippen LogP contribution in [0.3, 0.4) is 0 Å². The van der Waals surface area contributed by atoms with Gasteiger partial charge in [0.05, 0.1) is 12.1 Å². The summed E-state index contributed by atoms with van der Waals surface area (Å²) in [5, 5.41) is 3.99. The molecule has 20 heavy (non-hydrogen) atoms. The van der Waals surface area contributed by atoms with Crippen molar-refractivity contribution in [1.29, 1.82) is 0 Å². The first-order chi connectivity index (χ1) is 9.56. The van der Waals surface area contributed by atoms with E-state index < -0.39 is 18.0 Å². The second kappa shape index (κ2) is 5.96. The molecule has 0 saturated carbocycles. The van der Waals surface area contributed by atoms with Gasteiger partial charge in [0.1, 0.15) is 12.7 Å². The van der Waals surface area contributed by atoms with Gasteiger partial charge in [-0.25, -0.2) is 14.5 Å². The highest BCUT2D eigenvalue weighted by Crippen LogP contribution is 2.08. The molecule has 1 aromatic heterocycles. The summed E-state index contributed by atoms with van der Waals surface area (Å²) in [7, 11) is 0. The van der Waals surface area contributed by atoms with Crippen molar-refractivity contribution < 1.29 is 14.3 Å². The summed E-state index contributed by atoms with van der Waals surface area (Å²) in [4.78, 5) is 26.4. The number of rotatable bonds is 5. The van der Waals surface area contributed by atoms with Crippen molar-refractivity contribution in [2.75, 3.05) is 0 Å². The summed E-state index contributed by atoms with van der Waals surface area (Å²) in [5.74, 6) is -1.26. The van der Waals surface area contributed by atoms with Crippen LogP contribution in [0.2, 0.25) is 0 Å². The van der Waals surface area contributed by atoms with Crippen LogP contribution in [-0.4, -0.2) is 32.7 Å². The average molecular weight is 274 g/mol. The summed E-state index contributed by atoms with van der Waals surface area (Å²) >= 11 is 0. The number of benzene rings is 1. The number of hydrogen-bond donors (Lipinski definition) is 1. The van der Waals surface area contributed by atoms with Crippen molar-refractivity contribution >= 4 is 11.9 Å². The van der Waals surface area contributed by atoms with E-state index in [4.69, 9.17) is 10.5 Å². The maximum atomic E-state index is 11.7. The zero-order valence-electron chi connectivity index (χ0n) is 10.9. The SMILES string of the molecule is C[C@H](OC(=O)c1ccc(Cn2cncn2)cc1)C(N)=O. The zero-order chi connectivity index (χ0) is 14.5. The molecule has 2 N–H and O–H groups in total. The lowest BCUT2D eigenvalue weighted by Crippen LogP contribution is -2.30. The summed E-state index contributed by atoms with van der Waals surface area (Å²) in [6, 6.07) is 6.82. The van der Waals surface area contributed by atoms with E-state index in [9.17, 15) is 9.59 Å². The van der Waals surface area contributed by atoms with E-state index in [1.54, 1.807) is 35.3 Å². The zero-order valence-corrected chi connectivity index (χ0v) is 10.9. The van der Waals surface area contributed by atoms with Gasteiger partial charge in [0.25, 0.3) is 5.91 Å². The maximum Gasteiger partial charge on any atom is 0.338 e. The molecule has 0 unspecified atom stereocenters. The molecule has 1 atom stereocenters. The fourth-order valence-electron chi connectivity index (χ4n) is 1.53. The third-order valence-corrected chi connectivity index (χ3v) is 2.69. The Balaban J connectivity index is 2.00. The topological polar surface area (TPSA) is 100 Å². The van der Waals surface area contributed by atoms with Crippen molar-refractivity contribution in [3.63, 3.8) is 0 Å². The largest absolute Gasteiger partial charge is 0.449 e. The Morgan fingerprint density at radius 3 is 2.60 bits per heavy atom. The molecule has 0 saturated heterocycles. The van der Waals surface area contributed by atoms with Crippen molar-refractivity contribution in [1.82, 2.24) is 14.8 Å².